The van der Waals surface area contributed by atoms with E-state index in [0.29, 0.717) is 17.3 Å². The molecule has 20 heavy (non-hydrogen) atoms. The molecule has 2 aromatic rings. The number of benzene rings is 1. The largest absolute Gasteiger partial charge is 0.480 e. The SMILES string of the molecule is Cc1ccc(Cn2cc(CC(N)C(=O)O)nn2)c(Cl)c1. The van der Waals surface area contributed by atoms with Crippen LogP contribution < -0.4 is 5.73 Å². The molecule has 1 unspecified atom stereocenters. The number of carboxylic acid groups (broad SMARTS) is 1. The lowest BCUT2D eigenvalue weighted by molar-refractivity contribution is -0.138. The van der Waals surface area contributed by atoms with Gasteiger partial charge in [-0.3, -0.25) is 4.79 Å². The van der Waals surface area contributed by atoms with Crippen LogP contribution >= 0.6 is 11.6 Å². The summed E-state index contributed by atoms with van der Waals surface area (Å²) >= 11 is 6.15. The Morgan fingerprint density at radius 2 is 2.30 bits per heavy atom. The second-order valence-corrected chi connectivity index (χ2v) is 5.06. The zero-order valence-electron chi connectivity index (χ0n) is 11.0. The Balaban J connectivity index is 2.07. The summed E-state index contributed by atoms with van der Waals surface area (Å²) in [5.74, 6) is -1.05. The zero-order chi connectivity index (χ0) is 14.7. The van der Waals surface area contributed by atoms with Crippen molar-refractivity contribution >= 4 is 17.6 Å². The molecule has 1 heterocycles. The Morgan fingerprint density at radius 3 is 2.95 bits per heavy atom. The summed E-state index contributed by atoms with van der Waals surface area (Å²) in [6, 6.07) is 4.82. The maximum absolute atomic E-state index is 10.7. The number of nitrogens with zero attached hydrogens (tertiary/aromatic N) is 3. The fourth-order valence-corrected chi connectivity index (χ4v) is 2.07. The third-order valence-electron chi connectivity index (χ3n) is 2.87. The first-order valence-corrected chi connectivity index (χ1v) is 6.46. The van der Waals surface area contributed by atoms with Crippen molar-refractivity contribution < 1.29 is 9.90 Å². The van der Waals surface area contributed by atoms with Crippen molar-refractivity contribution in [3.05, 3.63) is 46.2 Å². The monoisotopic (exact) mass is 294 g/mol. The number of hydrogen-bond donors (Lipinski definition) is 2. The van der Waals surface area contributed by atoms with E-state index in [1.807, 2.05) is 25.1 Å². The second-order valence-electron chi connectivity index (χ2n) is 4.65. The van der Waals surface area contributed by atoms with E-state index in [1.54, 1.807) is 10.9 Å². The lowest BCUT2D eigenvalue weighted by Gasteiger charge is -2.05. The van der Waals surface area contributed by atoms with Gasteiger partial charge in [0.1, 0.15) is 6.04 Å². The number of aromatic nitrogens is 3. The maximum Gasteiger partial charge on any atom is 0.320 e. The summed E-state index contributed by atoms with van der Waals surface area (Å²) in [7, 11) is 0. The van der Waals surface area contributed by atoms with Gasteiger partial charge in [-0.15, -0.1) is 5.10 Å². The first-order valence-electron chi connectivity index (χ1n) is 6.08. The average Bonchev–Trinajstić information content (AvgIpc) is 2.80. The molecule has 0 aliphatic carbocycles. The summed E-state index contributed by atoms with van der Waals surface area (Å²) in [5.41, 5.74) is 8.01. The van der Waals surface area contributed by atoms with Crippen LogP contribution in [0.3, 0.4) is 0 Å². The van der Waals surface area contributed by atoms with E-state index in [2.05, 4.69) is 10.3 Å². The van der Waals surface area contributed by atoms with Gasteiger partial charge in [0.05, 0.1) is 12.2 Å². The fraction of sp³-hybridized carbons (Fsp3) is 0.308. The molecule has 0 saturated heterocycles. The second kappa shape index (κ2) is 6.02. The third-order valence-corrected chi connectivity index (χ3v) is 3.23. The predicted molar refractivity (Wildman–Crippen MR) is 74.6 cm³/mol. The number of carbonyl (C=O) groups is 1. The molecule has 0 fully saturated rings. The fourth-order valence-electron chi connectivity index (χ4n) is 1.78. The van der Waals surface area contributed by atoms with E-state index in [9.17, 15) is 4.79 Å². The van der Waals surface area contributed by atoms with Gasteiger partial charge in [0, 0.05) is 17.6 Å². The van der Waals surface area contributed by atoms with Crippen LogP contribution in [0.2, 0.25) is 5.02 Å². The highest BCUT2D eigenvalue weighted by Gasteiger charge is 2.14. The molecule has 0 aliphatic heterocycles. The Kier molecular flexibility index (Phi) is 4.36. The van der Waals surface area contributed by atoms with Crippen molar-refractivity contribution in [1.82, 2.24) is 15.0 Å². The van der Waals surface area contributed by atoms with Gasteiger partial charge in [0.2, 0.25) is 0 Å². The number of halogens is 1. The van der Waals surface area contributed by atoms with E-state index in [0.717, 1.165) is 11.1 Å². The van der Waals surface area contributed by atoms with Gasteiger partial charge >= 0.3 is 5.97 Å². The number of hydrogen-bond acceptors (Lipinski definition) is 4. The van der Waals surface area contributed by atoms with Gasteiger partial charge in [-0.25, -0.2) is 4.68 Å². The van der Waals surface area contributed by atoms with E-state index in [4.69, 9.17) is 22.4 Å². The molecule has 0 saturated carbocycles. The number of carboxylic acids is 1. The van der Waals surface area contributed by atoms with Crippen LogP contribution in [0.5, 0.6) is 0 Å². The van der Waals surface area contributed by atoms with E-state index >= 15 is 0 Å². The Bertz CT molecular complexity index is 627. The molecule has 1 atom stereocenters. The van der Waals surface area contributed by atoms with Crippen LogP contribution in [0, 0.1) is 6.92 Å². The molecule has 3 N–H and O–H groups in total. The smallest absolute Gasteiger partial charge is 0.320 e. The summed E-state index contributed by atoms with van der Waals surface area (Å²) in [5, 5.41) is 17.3. The number of aliphatic carboxylic acids is 1. The lowest BCUT2D eigenvalue weighted by Crippen LogP contribution is -2.32. The van der Waals surface area contributed by atoms with Crippen LogP contribution in [0.15, 0.2) is 24.4 Å². The van der Waals surface area contributed by atoms with Gasteiger partial charge in [-0.1, -0.05) is 28.9 Å². The highest BCUT2D eigenvalue weighted by Crippen LogP contribution is 2.18. The van der Waals surface area contributed by atoms with Gasteiger partial charge in [0.15, 0.2) is 0 Å². The molecule has 6 nitrogen and oxygen atoms in total. The molecule has 7 heteroatoms. The van der Waals surface area contributed by atoms with Crippen LogP contribution in [0.4, 0.5) is 0 Å². The minimum absolute atomic E-state index is 0.150. The van der Waals surface area contributed by atoms with E-state index in [-0.39, 0.29) is 6.42 Å². The van der Waals surface area contributed by atoms with Crippen LogP contribution in [-0.2, 0) is 17.8 Å². The average molecular weight is 295 g/mol. The third kappa shape index (κ3) is 3.55. The summed E-state index contributed by atoms with van der Waals surface area (Å²) < 4.78 is 1.61. The highest BCUT2D eigenvalue weighted by molar-refractivity contribution is 6.31. The quantitative estimate of drug-likeness (QED) is 0.865. The molecule has 0 aliphatic rings. The summed E-state index contributed by atoms with van der Waals surface area (Å²) in [6.07, 6.45) is 1.83. The van der Waals surface area contributed by atoms with Crippen molar-refractivity contribution in [3.63, 3.8) is 0 Å². The van der Waals surface area contributed by atoms with Crippen LogP contribution in [0.1, 0.15) is 16.8 Å². The van der Waals surface area contributed by atoms with Crippen molar-refractivity contribution in [2.24, 2.45) is 5.73 Å². The first kappa shape index (κ1) is 14.5. The summed E-state index contributed by atoms with van der Waals surface area (Å²) in [6.45, 7) is 2.45. The minimum atomic E-state index is -1.05. The standard InChI is InChI=1S/C13H15ClN4O2/c1-8-2-3-9(11(14)4-8)6-18-7-10(16-17-18)5-12(15)13(19)20/h2-4,7,12H,5-6,15H2,1H3,(H,19,20). The Morgan fingerprint density at radius 1 is 1.55 bits per heavy atom. The van der Waals surface area contributed by atoms with Gasteiger partial charge in [0.25, 0.3) is 0 Å². The van der Waals surface area contributed by atoms with Crippen molar-refractivity contribution in [1.29, 1.82) is 0 Å². The zero-order valence-corrected chi connectivity index (χ0v) is 11.7. The van der Waals surface area contributed by atoms with E-state index < -0.39 is 12.0 Å². The van der Waals surface area contributed by atoms with Gasteiger partial charge < -0.3 is 10.8 Å². The Hall–Kier alpha value is -1.92. The number of aryl methyl sites for hydroxylation is 1. The van der Waals surface area contributed by atoms with E-state index in [1.165, 1.54) is 0 Å². The molecule has 0 amide bonds. The molecular formula is C13H15ClN4O2. The topological polar surface area (TPSA) is 94.0 Å². The van der Waals surface area contributed by atoms with Crippen LogP contribution in [-0.4, -0.2) is 32.1 Å². The van der Waals surface area contributed by atoms with Crippen molar-refractivity contribution in [2.75, 3.05) is 0 Å². The first-order chi connectivity index (χ1) is 9.45. The number of nitrogens with two attached hydrogens (primary N) is 1. The molecule has 0 spiro atoms. The van der Waals surface area contributed by atoms with Gasteiger partial charge in [-0.05, 0) is 24.1 Å². The maximum atomic E-state index is 10.7. The van der Waals surface area contributed by atoms with Crippen molar-refractivity contribution in [2.45, 2.75) is 25.9 Å². The molecule has 106 valence electrons. The highest BCUT2D eigenvalue weighted by atomic mass is 35.5. The molecule has 2 rings (SSSR count). The van der Waals surface area contributed by atoms with Crippen molar-refractivity contribution in [3.8, 4) is 0 Å². The molecule has 0 bridgehead atoms. The molecule has 0 radical (unpaired) electrons. The normalized spacial score (nSPS) is 12.3. The number of rotatable bonds is 5. The molecule has 1 aromatic carbocycles. The van der Waals surface area contributed by atoms with Gasteiger partial charge in [-0.2, -0.15) is 0 Å². The molecular weight excluding hydrogens is 280 g/mol. The Labute approximate surface area is 121 Å². The lowest BCUT2D eigenvalue weighted by atomic mass is 10.1. The minimum Gasteiger partial charge on any atom is -0.480 e. The molecule has 1 aromatic heterocycles. The van der Waals surface area contributed by atoms with Crippen LogP contribution in [0.25, 0.3) is 0 Å². The summed E-state index contributed by atoms with van der Waals surface area (Å²) in [4.78, 5) is 10.7. The predicted octanol–water partition coefficient (Wildman–Crippen LogP) is 1.24.